The molecule has 1 aromatic carbocycles. The van der Waals surface area contributed by atoms with Crippen LogP contribution < -0.4 is 11.1 Å². The van der Waals surface area contributed by atoms with Crippen LogP contribution in [0.3, 0.4) is 0 Å². The number of morpholine rings is 1. The first-order valence-corrected chi connectivity index (χ1v) is 7.03. The highest BCUT2D eigenvalue weighted by Crippen LogP contribution is 2.12. The Morgan fingerprint density at radius 3 is 2.75 bits per heavy atom. The molecule has 1 heterocycles. The predicted molar refractivity (Wildman–Crippen MR) is 79.4 cm³/mol. The van der Waals surface area contributed by atoms with E-state index in [2.05, 4.69) is 10.2 Å². The maximum absolute atomic E-state index is 12.1. The fraction of sp³-hybridized carbons (Fsp3) is 0.533. The van der Waals surface area contributed by atoms with Crippen molar-refractivity contribution in [3.8, 4) is 0 Å². The van der Waals surface area contributed by atoms with E-state index in [0.29, 0.717) is 13.1 Å². The van der Waals surface area contributed by atoms with Gasteiger partial charge >= 0.3 is 0 Å². The normalized spacial score (nSPS) is 23.6. The molecule has 0 spiro atoms. The molecule has 0 aliphatic carbocycles. The predicted octanol–water partition coefficient (Wildman–Crippen LogP) is 1.19. The number of ether oxygens (including phenoxy) is 1. The summed E-state index contributed by atoms with van der Waals surface area (Å²) in [5, 5.41) is 2.92. The number of carbonyl (C=O) groups excluding carboxylic acids is 1. The van der Waals surface area contributed by atoms with Crippen molar-refractivity contribution in [2.45, 2.75) is 32.6 Å². The standard InChI is InChI=1S/C15H23N3O2/c1-11-8-18(9-12(2)20-11)10-15(19)17-14-5-3-4-13(6-14)7-16/h3-6,11-12H,7-10,16H2,1-2H3,(H,17,19). The average molecular weight is 277 g/mol. The van der Waals surface area contributed by atoms with Gasteiger partial charge < -0.3 is 15.8 Å². The Hall–Kier alpha value is -1.43. The highest BCUT2D eigenvalue weighted by atomic mass is 16.5. The van der Waals surface area contributed by atoms with E-state index in [-0.39, 0.29) is 18.1 Å². The van der Waals surface area contributed by atoms with Crippen molar-refractivity contribution in [1.82, 2.24) is 4.90 Å². The number of amides is 1. The van der Waals surface area contributed by atoms with Crippen LogP contribution >= 0.6 is 0 Å². The molecule has 20 heavy (non-hydrogen) atoms. The monoisotopic (exact) mass is 277 g/mol. The topological polar surface area (TPSA) is 67.6 Å². The summed E-state index contributed by atoms with van der Waals surface area (Å²) in [5.74, 6) is 0.000437. The van der Waals surface area contributed by atoms with Gasteiger partial charge in [0.1, 0.15) is 0 Å². The molecule has 2 atom stereocenters. The molecule has 110 valence electrons. The molecule has 0 aromatic heterocycles. The average Bonchev–Trinajstić information content (AvgIpc) is 2.37. The van der Waals surface area contributed by atoms with Crippen molar-refractivity contribution in [3.05, 3.63) is 29.8 Å². The van der Waals surface area contributed by atoms with Crippen molar-refractivity contribution >= 4 is 11.6 Å². The first-order chi connectivity index (χ1) is 9.56. The minimum Gasteiger partial charge on any atom is -0.373 e. The number of nitrogens with one attached hydrogen (secondary N) is 1. The van der Waals surface area contributed by atoms with Crippen molar-refractivity contribution in [1.29, 1.82) is 0 Å². The summed E-state index contributed by atoms with van der Waals surface area (Å²) >= 11 is 0. The van der Waals surface area contributed by atoms with Crippen LogP contribution in [0.2, 0.25) is 0 Å². The summed E-state index contributed by atoms with van der Waals surface area (Å²) in [7, 11) is 0. The van der Waals surface area contributed by atoms with Crippen molar-refractivity contribution in [2.75, 3.05) is 25.0 Å². The first kappa shape index (κ1) is 15.0. The Bertz CT molecular complexity index is 454. The van der Waals surface area contributed by atoms with Crippen LogP contribution in [0.15, 0.2) is 24.3 Å². The van der Waals surface area contributed by atoms with Gasteiger partial charge in [-0.2, -0.15) is 0 Å². The Morgan fingerprint density at radius 2 is 2.10 bits per heavy atom. The fourth-order valence-corrected chi connectivity index (χ4v) is 2.59. The third kappa shape index (κ3) is 4.30. The smallest absolute Gasteiger partial charge is 0.238 e. The second-order valence-corrected chi connectivity index (χ2v) is 5.40. The van der Waals surface area contributed by atoms with E-state index in [1.807, 2.05) is 38.1 Å². The molecular weight excluding hydrogens is 254 g/mol. The van der Waals surface area contributed by atoms with Crippen LogP contribution in [-0.2, 0) is 16.1 Å². The van der Waals surface area contributed by atoms with Crippen molar-refractivity contribution < 1.29 is 9.53 Å². The Labute approximate surface area is 120 Å². The Balaban J connectivity index is 1.88. The third-order valence-electron chi connectivity index (χ3n) is 3.31. The summed E-state index contributed by atoms with van der Waals surface area (Å²) in [4.78, 5) is 14.2. The number of hydrogen-bond acceptors (Lipinski definition) is 4. The number of nitrogens with two attached hydrogens (primary N) is 1. The van der Waals surface area contributed by atoms with E-state index in [1.165, 1.54) is 0 Å². The number of carbonyl (C=O) groups is 1. The molecule has 1 aliphatic rings. The van der Waals surface area contributed by atoms with Crippen LogP contribution in [0.25, 0.3) is 0 Å². The van der Waals surface area contributed by atoms with Gasteiger partial charge in [0.2, 0.25) is 5.91 Å². The molecule has 1 fully saturated rings. The second-order valence-electron chi connectivity index (χ2n) is 5.40. The molecule has 0 saturated carbocycles. The molecule has 0 bridgehead atoms. The molecule has 1 aliphatic heterocycles. The van der Waals surface area contributed by atoms with Crippen molar-refractivity contribution in [3.63, 3.8) is 0 Å². The first-order valence-electron chi connectivity index (χ1n) is 7.03. The van der Waals surface area contributed by atoms with Crippen molar-refractivity contribution in [2.24, 2.45) is 5.73 Å². The number of rotatable bonds is 4. The van der Waals surface area contributed by atoms with Crippen LogP contribution in [0.4, 0.5) is 5.69 Å². The molecule has 0 radical (unpaired) electrons. The number of hydrogen-bond donors (Lipinski definition) is 2. The van der Waals surface area contributed by atoms with Crippen LogP contribution in [0, 0.1) is 0 Å². The summed E-state index contributed by atoms with van der Waals surface area (Å²) in [5.41, 5.74) is 7.40. The summed E-state index contributed by atoms with van der Waals surface area (Å²) in [6.07, 6.45) is 0.347. The van der Waals surface area contributed by atoms with Gasteiger partial charge in [-0.3, -0.25) is 9.69 Å². The molecule has 2 rings (SSSR count). The molecule has 1 aromatic rings. The lowest BCUT2D eigenvalue weighted by molar-refractivity contribution is -0.121. The zero-order valence-electron chi connectivity index (χ0n) is 12.1. The van der Waals surface area contributed by atoms with Gasteiger partial charge in [0.25, 0.3) is 0 Å². The molecule has 2 unspecified atom stereocenters. The van der Waals surface area contributed by atoms with E-state index < -0.39 is 0 Å². The number of nitrogens with zero attached hydrogens (tertiary/aromatic N) is 1. The SMILES string of the molecule is CC1CN(CC(=O)Nc2cccc(CN)c2)CC(C)O1. The minimum absolute atomic E-state index is 0.000437. The highest BCUT2D eigenvalue weighted by molar-refractivity contribution is 5.92. The quantitative estimate of drug-likeness (QED) is 0.867. The third-order valence-corrected chi connectivity index (χ3v) is 3.31. The largest absolute Gasteiger partial charge is 0.373 e. The Morgan fingerprint density at radius 1 is 1.40 bits per heavy atom. The van der Waals surface area contributed by atoms with E-state index in [1.54, 1.807) is 0 Å². The molecule has 5 nitrogen and oxygen atoms in total. The summed E-state index contributed by atoms with van der Waals surface area (Å²) < 4.78 is 5.66. The molecule has 3 N–H and O–H groups in total. The maximum Gasteiger partial charge on any atom is 0.238 e. The lowest BCUT2D eigenvalue weighted by Gasteiger charge is -2.34. The minimum atomic E-state index is 0.000437. The van der Waals surface area contributed by atoms with E-state index in [4.69, 9.17) is 10.5 Å². The maximum atomic E-state index is 12.1. The van der Waals surface area contributed by atoms with Crippen LogP contribution in [0.5, 0.6) is 0 Å². The lowest BCUT2D eigenvalue weighted by Crippen LogP contribution is -2.48. The number of anilines is 1. The van der Waals surface area contributed by atoms with E-state index >= 15 is 0 Å². The Kier molecular flexibility index (Phi) is 5.11. The summed E-state index contributed by atoms with van der Waals surface area (Å²) in [6.45, 7) is 6.52. The molecule has 1 amide bonds. The van der Waals surface area contributed by atoms with Crippen LogP contribution in [-0.4, -0.2) is 42.6 Å². The van der Waals surface area contributed by atoms with Gasteiger partial charge in [0.05, 0.1) is 18.8 Å². The molecule has 1 saturated heterocycles. The van der Waals surface area contributed by atoms with E-state index in [9.17, 15) is 4.79 Å². The van der Waals surface area contributed by atoms with E-state index in [0.717, 1.165) is 24.3 Å². The van der Waals surface area contributed by atoms with Gasteiger partial charge in [0, 0.05) is 25.3 Å². The summed E-state index contributed by atoms with van der Waals surface area (Å²) in [6, 6.07) is 7.63. The van der Waals surface area contributed by atoms with Crippen LogP contribution in [0.1, 0.15) is 19.4 Å². The zero-order valence-corrected chi connectivity index (χ0v) is 12.1. The highest BCUT2D eigenvalue weighted by Gasteiger charge is 2.23. The van der Waals surface area contributed by atoms with Gasteiger partial charge in [-0.15, -0.1) is 0 Å². The fourth-order valence-electron chi connectivity index (χ4n) is 2.59. The van der Waals surface area contributed by atoms with Gasteiger partial charge in [-0.05, 0) is 31.5 Å². The second kappa shape index (κ2) is 6.83. The molecular formula is C15H23N3O2. The van der Waals surface area contributed by atoms with Gasteiger partial charge in [-0.25, -0.2) is 0 Å². The van der Waals surface area contributed by atoms with Gasteiger partial charge in [0.15, 0.2) is 0 Å². The lowest BCUT2D eigenvalue weighted by atomic mass is 10.2. The molecule has 5 heteroatoms. The van der Waals surface area contributed by atoms with Gasteiger partial charge in [-0.1, -0.05) is 12.1 Å². The number of benzene rings is 1. The zero-order chi connectivity index (χ0) is 14.5.